The van der Waals surface area contributed by atoms with Gasteiger partial charge >= 0.3 is 5.97 Å². The van der Waals surface area contributed by atoms with E-state index in [2.05, 4.69) is 26.2 Å². The van der Waals surface area contributed by atoms with Crippen molar-refractivity contribution < 1.29 is 9.53 Å². The number of esters is 1. The molecule has 2 aromatic heterocycles. The highest BCUT2D eigenvalue weighted by atomic mass is 32.2. The molecule has 0 amide bonds. The Bertz CT molecular complexity index is 862. The summed E-state index contributed by atoms with van der Waals surface area (Å²) in [5.74, 6) is -0.257. The molecule has 23 heavy (non-hydrogen) atoms. The summed E-state index contributed by atoms with van der Waals surface area (Å²) in [6.07, 6.45) is 0.807. The average Bonchev–Trinajstić information content (AvgIpc) is 2.89. The molecule has 0 saturated carbocycles. The highest BCUT2D eigenvalue weighted by Gasteiger charge is 2.18. The first kappa shape index (κ1) is 15.7. The summed E-state index contributed by atoms with van der Waals surface area (Å²) in [6, 6.07) is 6.10. The van der Waals surface area contributed by atoms with Crippen molar-refractivity contribution in [2.24, 2.45) is 0 Å². The van der Waals surface area contributed by atoms with Gasteiger partial charge in [-0.15, -0.1) is 10.2 Å². The molecule has 0 saturated heterocycles. The third-order valence-electron chi connectivity index (χ3n) is 3.41. The zero-order valence-electron chi connectivity index (χ0n) is 13.3. The molecule has 1 unspecified atom stereocenters. The Labute approximate surface area is 138 Å². The molecule has 0 radical (unpaired) electrons. The second kappa shape index (κ2) is 6.54. The topological polar surface area (TPSA) is 80.8 Å². The second-order valence-corrected chi connectivity index (χ2v) is 6.70. The monoisotopic (exact) mass is 330 g/mol. The van der Waals surface area contributed by atoms with Crippen LogP contribution in [0.4, 0.5) is 0 Å². The number of aromatic amines is 1. The summed E-state index contributed by atoms with van der Waals surface area (Å²) >= 11 is 1.25. The van der Waals surface area contributed by atoms with Crippen molar-refractivity contribution in [3.05, 3.63) is 23.8 Å². The molecular formula is C16H18N4O2S. The van der Waals surface area contributed by atoms with Crippen LogP contribution in [0.1, 0.15) is 25.8 Å². The number of carbonyl (C=O) groups excluding carboxylic acids is 1. The van der Waals surface area contributed by atoms with Crippen LogP contribution in [-0.4, -0.2) is 38.0 Å². The van der Waals surface area contributed by atoms with E-state index >= 15 is 0 Å². The van der Waals surface area contributed by atoms with Gasteiger partial charge < -0.3 is 9.72 Å². The van der Waals surface area contributed by atoms with Crippen molar-refractivity contribution in [2.75, 3.05) is 6.61 Å². The maximum atomic E-state index is 11.8. The van der Waals surface area contributed by atoms with E-state index in [0.29, 0.717) is 17.4 Å². The third kappa shape index (κ3) is 3.29. The predicted octanol–water partition coefficient (Wildman–Crippen LogP) is 3.25. The van der Waals surface area contributed by atoms with Crippen molar-refractivity contribution in [2.45, 2.75) is 37.6 Å². The molecule has 120 valence electrons. The number of aromatic nitrogens is 4. The number of nitrogens with zero attached hydrogens (tertiary/aromatic N) is 3. The molecule has 0 fully saturated rings. The van der Waals surface area contributed by atoms with Gasteiger partial charge in [-0.2, -0.15) is 0 Å². The SMILES string of the molecule is CCCOC(=O)C(C)Sc1nnc2c(n1)[nH]c1ccc(C)cc12. The summed E-state index contributed by atoms with van der Waals surface area (Å²) in [7, 11) is 0. The molecule has 6 nitrogen and oxygen atoms in total. The smallest absolute Gasteiger partial charge is 0.319 e. The van der Waals surface area contributed by atoms with Gasteiger partial charge in [-0.1, -0.05) is 30.3 Å². The van der Waals surface area contributed by atoms with Crippen LogP contribution < -0.4 is 0 Å². The summed E-state index contributed by atoms with van der Waals surface area (Å²) in [5.41, 5.74) is 3.56. The summed E-state index contributed by atoms with van der Waals surface area (Å²) in [6.45, 7) is 6.21. The van der Waals surface area contributed by atoms with Crippen molar-refractivity contribution >= 4 is 39.8 Å². The Kier molecular flexibility index (Phi) is 4.47. The fourth-order valence-electron chi connectivity index (χ4n) is 2.25. The van der Waals surface area contributed by atoms with E-state index in [4.69, 9.17) is 4.74 Å². The predicted molar refractivity (Wildman–Crippen MR) is 90.5 cm³/mol. The van der Waals surface area contributed by atoms with E-state index in [1.165, 1.54) is 11.8 Å². The molecule has 3 rings (SSSR count). The van der Waals surface area contributed by atoms with Crippen LogP contribution in [-0.2, 0) is 9.53 Å². The van der Waals surface area contributed by atoms with Crippen molar-refractivity contribution in [3.63, 3.8) is 0 Å². The zero-order valence-corrected chi connectivity index (χ0v) is 14.1. The molecule has 0 bridgehead atoms. The molecule has 1 atom stereocenters. The maximum Gasteiger partial charge on any atom is 0.319 e. The van der Waals surface area contributed by atoms with Crippen molar-refractivity contribution in [1.82, 2.24) is 20.2 Å². The minimum Gasteiger partial charge on any atom is -0.465 e. The number of nitrogens with one attached hydrogen (secondary N) is 1. The fourth-order valence-corrected chi connectivity index (χ4v) is 2.96. The number of aryl methyl sites for hydroxylation is 1. The Morgan fingerprint density at radius 3 is 3.00 bits per heavy atom. The normalized spacial score (nSPS) is 12.7. The van der Waals surface area contributed by atoms with E-state index in [0.717, 1.165) is 28.4 Å². The maximum absolute atomic E-state index is 11.8. The first-order valence-corrected chi connectivity index (χ1v) is 8.42. The van der Waals surface area contributed by atoms with Gasteiger partial charge in [-0.05, 0) is 32.4 Å². The van der Waals surface area contributed by atoms with Crippen molar-refractivity contribution in [3.8, 4) is 0 Å². The number of hydrogen-bond donors (Lipinski definition) is 1. The molecule has 0 spiro atoms. The molecule has 0 aliphatic rings. The number of fused-ring (bicyclic) bond motifs is 3. The number of benzene rings is 1. The van der Waals surface area contributed by atoms with Gasteiger partial charge in [-0.3, -0.25) is 4.79 Å². The van der Waals surface area contributed by atoms with Crippen LogP contribution in [0, 0.1) is 6.92 Å². The first-order valence-electron chi connectivity index (χ1n) is 7.54. The first-order chi connectivity index (χ1) is 11.1. The Morgan fingerprint density at radius 1 is 1.39 bits per heavy atom. The van der Waals surface area contributed by atoms with E-state index in [1.54, 1.807) is 6.92 Å². The second-order valence-electron chi connectivity index (χ2n) is 5.39. The number of carbonyl (C=O) groups is 1. The van der Waals surface area contributed by atoms with Crippen LogP contribution in [0.15, 0.2) is 23.4 Å². The number of H-pyrrole nitrogens is 1. The molecule has 0 aliphatic carbocycles. The Morgan fingerprint density at radius 2 is 2.22 bits per heavy atom. The number of thioether (sulfide) groups is 1. The van der Waals surface area contributed by atoms with Gasteiger partial charge in [0.15, 0.2) is 5.65 Å². The van der Waals surface area contributed by atoms with Crippen LogP contribution in [0.2, 0.25) is 0 Å². The van der Waals surface area contributed by atoms with Crippen LogP contribution in [0.3, 0.4) is 0 Å². The summed E-state index contributed by atoms with van der Waals surface area (Å²) in [5, 5.41) is 9.50. The van der Waals surface area contributed by atoms with Gasteiger partial charge in [0.05, 0.1) is 6.61 Å². The largest absolute Gasteiger partial charge is 0.465 e. The van der Waals surface area contributed by atoms with E-state index < -0.39 is 0 Å². The minimum absolute atomic E-state index is 0.257. The van der Waals surface area contributed by atoms with E-state index in [1.807, 2.05) is 26.0 Å². The molecule has 2 heterocycles. The lowest BCUT2D eigenvalue weighted by molar-refractivity contribution is -0.142. The van der Waals surface area contributed by atoms with Gasteiger partial charge in [0.1, 0.15) is 10.8 Å². The lowest BCUT2D eigenvalue weighted by atomic mass is 10.2. The lowest BCUT2D eigenvalue weighted by Gasteiger charge is -2.08. The Balaban J connectivity index is 1.85. The Hall–Kier alpha value is -2.15. The molecule has 7 heteroatoms. The van der Waals surface area contributed by atoms with Gasteiger partial charge in [0, 0.05) is 10.9 Å². The summed E-state index contributed by atoms with van der Waals surface area (Å²) in [4.78, 5) is 19.5. The van der Waals surface area contributed by atoms with Crippen LogP contribution in [0.25, 0.3) is 22.1 Å². The highest BCUT2D eigenvalue weighted by Crippen LogP contribution is 2.26. The third-order valence-corrected chi connectivity index (χ3v) is 4.34. The number of hydrogen-bond acceptors (Lipinski definition) is 6. The standard InChI is InChI=1S/C16H18N4O2S/c1-4-7-22-15(21)10(3)23-16-18-14-13(19-20-16)11-8-9(2)5-6-12(11)17-14/h5-6,8,10H,4,7H2,1-3H3,(H,17,18,20). The van der Waals surface area contributed by atoms with Crippen molar-refractivity contribution in [1.29, 1.82) is 0 Å². The quantitative estimate of drug-likeness (QED) is 0.571. The van der Waals surface area contributed by atoms with Crippen LogP contribution >= 0.6 is 11.8 Å². The fraction of sp³-hybridized carbons (Fsp3) is 0.375. The average molecular weight is 330 g/mol. The van der Waals surface area contributed by atoms with Gasteiger partial charge in [0.25, 0.3) is 0 Å². The summed E-state index contributed by atoms with van der Waals surface area (Å²) < 4.78 is 5.13. The van der Waals surface area contributed by atoms with E-state index in [-0.39, 0.29) is 11.2 Å². The number of rotatable bonds is 5. The molecule has 1 aromatic carbocycles. The lowest BCUT2D eigenvalue weighted by Crippen LogP contribution is -2.17. The highest BCUT2D eigenvalue weighted by molar-refractivity contribution is 8.00. The molecular weight excluding hydrogens is 312 g/mol. The molecule has 0 aliphatic heterocycles. The molecule has 1 N–H and O–H groups in total. The van der Waals surface area contributed by atoms with Crippen LogP contribution in [0.5, 0.6) is 0 Å². The van der Waals surface area contributed by atoms with Gasteiger partial charge in [0.2, 0.25) is 5.16 Å². The zero-order chi connectivity index (χ0) is 16.4. The van der Waals surface area contributed by atoms with Gasteiger partial charge in [-0.25, -0.2) is 4.98 Å². The number of ether oxygens (including phenoxy) is 1. The van der Waals surface area contributed by atoms with E-state index in [9.17, 15) is 4.79 Å². The molecule has 3 aromatic rings. The minimum atomic E-state index is -0.368.